The van der Waals surface area contributed by atoms with E-state index in [1.165, 1.54) is 0 Å². The third-order valence-corrected chi connectivity index (χ3v) is 1.91. The highest BCUT2D eigenvalue weighted by molar-refractivity contribution is 5.91. The van der Waals surface area contributed by atoms with Crippen molar-refractivity contribution in [3.63, 3.8) is 0 Å². The number of carbonyl (C=O) groups excluding carboxylic acids is 1. The first-order chi connectivity index (χ1) is 7.67. The first kappa shape index (κ1) is 12.4. The van der Waals surface area contributed by atoms with Gasteiger partial charge >= 0.3 is 0 Å². The van der Waals surface area contributed by atoms with Gasteiger partial charge in [-0.25, -0.2) is 0 Å². The summed E-state index contributed by atoms with van der Waals surface area (Å²) in [6, 6.07) is 3.21. The van der Waals surface area contributed by atoms with Gasteiger partial charge in [-0.15, -0.1) is 10.2 Å². The summed E-state index contributed by atoms with van der Waals surface area (Å²) >= 11 is 0. The standard InChI is InChI=1S/C10H16N4O2/c1-7(6-11-2)16-9-5-4-8(13-14-9)10(15)12-3/h4-5,7,11H,6H2,1-3H3,(H,12,15). The fraction of sp³-hybridized carbons (Fsp3) is 0.500. The number of hydrogen-bond donors (Lipinski definition) is 2. The molecule has 0 fully saturated rings. The molecule has 6 nitrogen and oxygen atoms in total. The lowest BCUT2D eigenvalue weighted by Crippen LogP contribution is -2.26. The normalized spacial score (nSPS) is 11.9. The average Bonchev–Trinajstić information content (AvgIpc) is 2.29. The van der Waals surface area contributed by atoms with Gasteiger partial charge in [0.1, 0.15) is 6.10 Å². The van der Waals surface area contributed by atoms with E-state index in [0.29, 0.717) is 5.88 Å². The predicted molar refractivity (Wildman–Crippen MR) is 59.4 cm³/mol. The molecule has 88 valence electrons. The van der Waals surface area contributed by atoms with Crippen LogP contribution in [0.15, 0.2) is 12.1 Å². The van der Waals surface area contributed by atoms with E-state index >= 15 is 0 Å². The molecule has 1 heterocycles. The molecule has 1 aromatic heterocycles. The summed E-state index contributed by atoms with van der Waals surface area (Å²) in [6.07, 6.45) is 0.00477. The summed E-state index contributed by atoms with van der Waals surface area (Å²) in [5, 5.41) is 13.0. The fourth-order valence-corrected chi connectivity index (χ4v) is 1.17. The van der Waals surface area contributed by atoms with Crippen LogP contribution in [-0.2, 0) is 0 Å². The van der Waals surface area contributed by atoms with Crippen molar-refractivity contribution in [1.82, 2.24) is 20.8 Å². The Hall–Kier alpha value is -1.69. The SMILES string of the molecule is CNCC(C)Oc1ccc(C(=O)NC)nn1. The minimum Gasteiger partial charge on any atom is -0.472 e. The molecule has 1 unspecified atom stereocenters. The van der Waals surface area contributed by atoms with Gasteiger partial charge in [0, 0.05) is 19.7 Å². The van der Waals surface area contributed by atoms with Gasteiger partial charge in [0.15, 0.2) is 5.69 Å². The Morgan fingerprint density at radius 2 is 2.19 bits per heavy atom. The maximum atomic E-state index is 11.2. The topological polar surface area (TPSA) is 76.1 Å². The molecule has 0 aliphatic heterocycles. The van der Waals surface area contributed by atoms with E-state index in [-0.39, 0.29) is 17.7 Å². The highest BCUT2D eigenvalue weighted by Crippen LogP contribution is 2.06. The number of hydrogen-bond acceptors (Lipinski definition) is 5. The number of rotatable bonds is 5. The number of nitrogens with one attached hydrogen (secondary N) is 2. The minimum atomic E-state index is -0.262. The lowest BCUT2D eigenvalue weighted by molar-refractivity contribution is 0.0956. The zero-order valence-corrected chi connectivity index (χ0v) is 9.65. The number of carbonyl (C=O) groups is 1. The third kappa shape index (κ3) is 3.47. The largest absolute Gasteiger partial charge is 0.472 e. The molecule has 0 bridgehead atoms. The number of likely N-dealkylation sites (N-methyl/N-ethyl adjacent to an activating group) is 1. The molecule has 16 heavy (non-hydrogen) atoms. The molecule has 1 aromatic rings. The van der Waals surface area contributed by atoms with Crippen molar-refractivity contribution in [1.29, 1.82) is 0 Å². The Labute approximate surface area is 94.4 Å². The third-order valence-electron chi connectivity index (χ3n) is 1.91. The van der Waals surface area contributed by atoms with Crippen LogP contribution in [0.25, 0.3) is 0 Å². The minimum absolute atomic E-state index is 0.00477. The molecular formula is C10H16N4O2. The van der Waals surface area contributed by atoms with Crippen molar-refractivity contribution in [2.45, 2.75) is 13.0 Å². The second-order valence-corrected chi connectivity index (χ2v) is 3.32. The van der Waals surface area contributed by atoms with E-state index in [4.69, 9.17) is 4.74 Å². The maximum absolute atomic E-state index is 11.2. The lowest BCUT2D eigenvalue weighted by atomic mass is 10.3. The van der Waals surface area contributed by atoms with Crippen molar-refractivity contribution >= 4 is 5.91 Å². The lowest BCUT2D eigenvalue weighted by Gasteiger charge is -2.12. The summed E-state index contributed by atoms with van der Waals surface area (Å²) in [5.41, 5.74) is 0.274. The number of nitrogens with zero attached hydrogens (tertiary/aromatic N) is 2. The van der Waals surface area contributed by atoms with Crippen LogP contribution in [0.3, 0.4) is 0 Å². The molecule has 6 heteroatoms. The Kier molecular flexibility index (Phi) is 4.65. The van der Waals surface area contributed by atoms with E-state index in [2.05, 4.69) is 20.8 Å². The number of amides is 1. The molecule has 1 rings (SSSR count). The van der Waals surface area contributed by atoms with Crippen LogP contribution in [0.1, 0.15) is 17.4 Å². The van der Waals surface area contributed by atoms with Crippen molar-refractivity contribution in [2.24, 2.45) is 0 Å². The molecule has 1 amide bonds. The fourth-order valence-electron chi connectivity index (χ4n) is 1.17. The van der Waals surface area contributed by atoms with E-state index in [1.807, 2.05) is 14.0 Å². The van der Waals surface area contributed by atoms with Gasteiger partial charge in [-0.05, 0) is 20.0 Å². The number of aromatic nitrogens is 2. The predicted octanol–water partition coefficient (Wildman–Crippen LogP) is -0.177. The molecule has 0 aromatic carbocycles. The van der Waals surface area contributed by atoms with Gasteiger partial charge < -0.3 is 15.4 Å². The molecule has 1 atom stereocenters. The van der Waals surface area contributed by atoms with Crippen LogP contribution < -0.4 is 15.4 Å². The van der Waals surface area contributed by atoms with Crippen molar-refractivity contribution < 1.29 is 9.53 Å². The molecule has 2 N–H and O–H groups in total. The Morgan fingerprint density at radius 1 is 1.44 bits per heavy atom. The molecule has 0 spiro atoms. The summed E-state index contributed by atoms with van der Waals surface area (Å²) < 4.78 is 5.46. The molecule has 0 saturated carbocycles. The first-order valence-corrected chi connectivity index (χ1v) is 5.04. The van der Waals surface area contributed by atoms with Crippen LogP contribution in [0.2, 0.25) is 0 Å². The smallest absolute Gasteiger partial charge is 0.271 e. The Morgan fingerprint density at radius 3 is 2.69 bits per heavy atom. The monoisotopic (exact) mass is 224 g/mol. The molecular weight excluding hydrogens is 208 g/mol. The maximum Gasteiger partial charge on any atom is 0.271 e. The van der Waals surface area contributed by atoms with Gasteiger partial charge in [-0.1, -0.05) is 0 Å². The molecule has 0 aliphatic rings. The van der Waals surface area contributed by atoms with Crippen molar-refractivity contribution in [3.05, 3.63) is 17.8 Å². The first-order valence-electron chi connectivity index (χ1n) is 5.04. The van der Waals surface area contributed by atoms with Gasteiger partial charge in [-0.3, -0.25) is 4.79 Å². The summed E-state index contributed by atoms with van der Waals surface area (Å²) in [4.78, 5) is 11.2. The van der Waals surface area contributed by atoms with Crippen LogP contribution in [0.5, 0.6) is 5.88 Å². The second-order valence-electron chi connectivity index (χ2n) is 3.32. The zero-order valence-electron chi connectivity index (χ0n) is 9.65. The van der Waals surface area contributed by atoms with Gasteiger partial charge in [0.25, 0.3) is 5.91 Å². The number of ether oxygens (including phenoxy) is 1. The van der Waals surface area contributed by atoms with Crippen molar-refractivity contribution in [2.75, 3.05) is 20.6 Å². The van der Waals surface area contributed by atoms with Crippen LogP contribution in [-0.4, -0.2) is 42.8 Å². The summed E-state index contributed by atoms with van der Waals surface area (Å²) in [5.74, 6) is 0.151. The van der Waals surface area contributed by atoms with Gasteiger partial charge in [-0.2, -0.15) is 0 Å². The zero-order chi connectivity index (χ0) is 12.0. The second kappa shape index (κ2) is 6.02. The molecule has 0 aliphatic carbocycles. The van der Waals surface area contributed by atoms with E-state index in [0.717, 1.165) is 6.54 Å². The van der Waals surface area contributed by atoms with Gasteiger partial charge in [0.05, 0.1) is 0 Å². The quantitative estimate of drug-likeness (QED) is 0.725. The van der Waals surface area contributed by atoms with E-state index in [9.17, 15) is 4.79 Å². The highest BCUT2D eigenvalue weighted by Gasteiger charge is 2.07. The van der Waals surface area contributed by atoms with E-state index < -0.39 is 0 Å². The summed E-state index contributed by atoms with van der Waals surface area (Å²) in [7, 11) is 3.39. The van der Waals surface area contributed by atoms with Crippen molar-refractivity contribution in [3.8, 4) is 5.88 Å². The Bertz CT molecular complexity index is 339. The Balaban J connectivity index is 2.61. The summed E-state index contributed by atoms with van der Waals surface area (Å²) in [6.45, 7) is 2.64. The molecule has 0 radical (unpaired) electrons. The van der Waals surface area contributed by atoms with E-state index in [1.54, 1.807) is 19.2 Å². The van der Waals surface area contributed by atoms with Crippen LogP contribution in [0.4, 0.5) is 0 Å². The van der Waals surface area contributed by atoms with Crippen LogP contribution >= 0.6 is 0 Å². The molecule has 0 saturated heterocycles. The highest BCUT2D eigenvalue weighted by atomic mass is 16.5. The van der Waals surface area contributed by atoms with Crippen LogP contribution in [0, 0.1) is 0 Å². The van der Waals surface area contributed by atoms with Gasteiger partial charge in [0.2, 0.25) is 5.88 Å². The average molecular weight is 224 g/mol.